The number of hydrogen-bond acceptors (Lipinski definition) is 6. The molecule has 22 atom stereocenters. The first-order valence-corrected chi connectivity index (χ1v) is 26.2. The highest BCUT2D eigenvalue weighted by atomic mass is 16.7. The number of carbonyl (C=O) groups is 3. The van der Waals surface area contributed by atoms with E-state index >= 15 is 0 Å². The van der Waals surface area contributed by atoms with Gasteiger partial charge in [0, 0.05) is 6.42 Å². The quantitative estimate of drug-likeness (QED) is 0.219. The summed E-state index contributed by atoms with van der Waals surface area (Å²) in [6.07, 6.45) is 21.5. The second-order valence-electron chi connectivity index (χ2n) is 24.4. The zero-order valence-electron chi connectivity index (χ0n) is 40.3. The average molecular weight is 849 g/mol. The predicted octanol–water partition coefficient (Wildman–Crippen LogP) is 12.5. The molecule has 10 rings (SSSR count). The molecule has 7 nitrogen and oxygen atoms in total. The highest BCUT2D eigenvalue weighted by Gasteiger charge is 2.68. The van der Waals surface area contributed by atoms with E-state index in [1.807, 2.05) is 6.92 Å². The summed E-state index contributed by atoms with van der Waals surface area (Å²) in [7, 11) is 1.55. The van der Waals surface area contributed by atoms with Crippen molar-refractivity contribution in [2.75, 3.05) is 13.7 Å². The first-order valence-electron chi connectivity index (χ1n) is 26.2. The number of rotatable bonds is 10. The minimum absolute atomic E-state index is 0.0372. The zero-order chi connectivity index (χ0) is 43.8. The van der Waals surface area contributed by atoms with Crippen LogP contribution in [0.15, 0.2) is 0 Å². The van der Waals surface area contributed by atoms with Crippen LogP contribution in [0.1, 0.15) is 178 Å². The molecule has 7 heteroatoms. The second-order valence-corrected chi connectivity index (χ2v) is 24.4. The first kappa shape index (κ1) is 45.9. The Morgan fingerprint density at radius 1 is 0.574 bits per heavy atom. The van der Waals surface area contributed by atoms with E-state index in [0.717, 1.165) is 128 Å². The second kappa shape index (κ2) is 17.6. The molecule has 0 spiro atoms. The lowest BCUT2D eigenvalue weighted by atomic mass is 9.63. The molecule has 0 aromatic heterocycles. The van der Waals surface area contributed by atoms with Crippen molar-refractivity contribution in [3.8, 4) is 0 Å². The Balaban J connectivity index is 0.000000128. The summed E-state index contributed by atoms with van der Waals surface area (Å²) < 4.78 is 16.6. The SMILES string of the molecule is CCCC1CC(C)C2C3CC(C12)C(C)(C(=O)O)C3.CCCC1CC(C)C2C3CC(C12)C(C)(C(=O)OC)C3.CCCC1CC(C)C2C3CC(C12)C(C)(C(=O)OC1CCCCO1)C3. The van der Waals surface area contributed by atoms with E-state index in [1.54, 1.807) is 7.11 Å². The summed E-state index contributed by atoms with van der Waals surface area (Å²) in [4.78, 5) is 36.9. The van der Waals surface area contributed by atoms with Gasteiger partial charge in [-0.15, -0.1) is 0 Å². The largest absolute Gasteiger partial charge is 0.481 e. The van der Waals surface area contributed by atoms with Crippen molar-refractivity contribution in [3.05, 3.63) is 0 Å². The summed E-state index contributed by atoms with van der Waals surface area (Å²) in [5.41, 5.74) is -0.860. The lowest BCUT2D eigenvalue weighted by molar-refractivity contribution is -0.201. The van der Waals surface area contributed by atoms with Gasteiger partial charge in [0.15, 0.2) is 0 Å². The molecular weight excluding hydrogens is 761 g/mol. The Morgan fingerprint density at radius 3 is 1.33 bits per heavy atom. The maximum absolute atomic E-state index is 13.1. The van der Waals surface area contributed by atoms with Gasteiger partial charge >= 0.3 is 17.9 Å². The van der Waals surface area contributed by atoms with E-state index in [0.29, 0.717) is 23.7 Å². The molecule has 1 heterocycles. The summed E-state index contributed by atoms with van der Waals surface area (Å²) in [5.74, 6) is 13.4. The fourth-order valence-electron chi connectivity index (χ4n) is 19.4. The van der Waals surface area contributed by atoms with Gasteiger partial charge in [0.25, 0.3) is 0 Å². The predicted molar refractivity (Wildman–Crippen MR) is 240 cm³/mol. The topological polar surface area (TPSA) is 99.1 Å². The van der Waals surface area contributed by atoms with Crippen molar-refractivity contribution in [1.29, 1.82) is 0 Å². The summed E-state index contributed by atoms with van der Waals surface area (Å²) >= 11 is 0. The van der Waals surface area contributed by atoms with Gasteiger partial charge < -0.3 is 19.3 Å². The van der Waals surface area contributed by atoms with E-state index in [1.165, 1.54) is 77.0 Å². The van der Waals surface area contributed by atoms with Gasteiger partial charge in [-0.3, -0.25) is 14.4 Å². The molecular formula is C54H88O7. The smallest absolute Gasteiger partial charge is 0.314 e. The van der Waals surface area contributed by atoms with E-state index in [9.17, 15) is 19.5 Å². The van der Waals surface area contributed by atoms with Crippen molar-refractivity contribution >= 4 is 17.9 Å². The molecule has 0 amide bonds. The molecule has 0 aromatic carbocycles. The minimum atomic E-state index is -0.539. The molecule has 0 aromatic rings. The lowest BCUT2D eigenvalue weighted by Crippen LogP contribution is -2.44. The third kappa shape index (κ3) is 7.59. The number of carboxylic acids is 1. The highest BCUT2D eigenvalue weighted by molar-refractivity contribution is 5.78. The van der Waals surface area contributed by atoms with Crippen LogP contribution in [-0.4, -0.2) is 43.0 Å². The lowest BCUT2D eigenvalue weighted by Gasteiger charge is -2.41. The maximum Gasteiger partial charge on any atom is 0.314 e. The highest BCUT2D eigenvalue weighted by Crippen LogP contribution is 2.71. The van der Waals surface area contributed by atoms with Crippen molar-refractivity contribution < 1.29 is 33.7 Å². The fourth-order valence-corrected chi connectivity index (χ4v) is 19.4. The summed E-state index contributed by atoms with van der Waals surface area (Å²) in [6, 6.07) is 0. The van der Waals surface area contributed by atoms with Crippen LogP contribution in [0.4, 0.5) is 0 Å². The number of hydrogen-bond donors (Lipinski definition) is 1. The Labute approximate surface area is 371 Å². The van der Waals surface area contributed by atoms with Gasteiger partial charge in [-0.05, 0) is 198 Å². The fraction of sp³-hybridized carbons (Fsp3) is 0.944. The van der Waals surface area contributed by atoms with Crippen molar-refractivity contribution in [1.82, 2.24) is 0 Å². The van der Waals surface area contributed by atoms with E-state index < -0.39 is 11.4 Å². The van der Waals surface area contributed by atoms with Crippen molar-refractivity contribution in [3.63, 3.8) is 0 Å². The van der Waals surface area contributed by atoms with Gasteiger partial charge in [0.2, 0.25) is 6.29 Å². The summed E-state index contributed by atoms with van der Waals surface area (Å²) in [6.45, 7) is 21.3. The Kier molecular flexibility index (Phi) is 13.3. The molecule has 0 radical (unpaired) electrons. The molecule has 1 aliphatic heterocycles. The number of carboxylic acid groups (broad SMARTS) is 1. The number of aliphatic carboxylic acids is 1. The number of carbonyl (C=O) groups excluding carboxylic acids is 2. The third-order valence-corrected chi connectivity index (χ3v) is 21.1. The van der Waals surface area contributed by atoms with Crippen molar-refractivity contribution in [2.24, 2.45) is 123 Å². The van der Waals surface area contributed by atoms with Gasteiger partial charge in [0.05, 0.1) is 30.0 Å². The molecule has 10 aliphatic rings. The van der Waals surface area contributed by atoms with Crippen molar-refractivity contribution in [2.45, 2.75) is 184 Å². The van der Waals surface area contributed by atoms with E-state index in [2.05, 4.69) is 55.4 Å². The molecule has 6 bridgehead atoms. The molecule has 22 unspecified atom stereocenters. The Bertz CT molecular complexity index is 1590. The molecule has 61 heavy (non-hydrogen) atoms. The van der Waals surface area contributed by atoms with Crippen LogP contribution >= 0.6 is 0 Å². The number of methoxy groups -OCH3 is 1. The number of esters is 2. The van der Waals surface area contributed by atoms with Crippen LogP contribution in [0.2, 0.25) is 0 Å². The molecule has 346 valence electrons. The monoisotopic (exact) mass is 849 g/mol. The van der Waals surface area contributed by atoms with Crippen LogP contribution in [-0.2, 0) is 28.6 Å². The Hall–Kier alpha value is -1.63. The third-order valence-electron chi connectivity index (χ3n) is 21.1. The van der Waals surface area contributed by atoms with Crippen LogP contribution in [0.3, 0.4) is 0 Å². The minimum Gasteiger partial charge on any atom is -0.481 e. The molecule has 9 aliphatic carbocycles. The number of fused-ring (bicyclic) bond motifs is 15. The van der Waals surface area contributed by atoms with Gasteiger partial charge in [0.1, 0.15) is 0 Å². The van der Waals surface area contributed by atoms with E-state index in [4.69, 9.17) is 14.2 Å². The van der Waals surface area contributed by atoms with Crippen LogP contribution in [0.5, 0.6) is 0 Å². The molecule has 9 saturated carbocycles. The normalized spacial score (nSPS) is 51.5. The van der Waals surface area contributed by atoms with Crippen LogP contribution < -0.4 is 0 Å². The first-order chi connectivity index (χ1) is 29.1. The molecule has 1 N–H and O–H groups in total. The Morgan fingerprint density at radius 2 is 0.967 bits per heavy atom. The summed E-state index contributed by atoms with van der Waals surface area (Å²) in [5, 5.41) is 9.60. The van der Waals surface area contributed by atoms with Gasteiger partial charge in [-0.2, -0.15) is 0 Å². The van der Waals surface area contributed by atoms with E-state index in [-0.39, 0.29) is 29.1 Å². The van der Waals surface area contributed by atoms with Crippen LogP contribution in [0, 0.1) is 123 Å². The molecule has 1 saturated heterocycles. The maximum atomic E-state index is 13.1. The van der Waals surface area contributed by atoms with Crippen LogP contribution in [0.25, 0.3) is 0 Å². The molecule has 10 fully saturated rings. The van der Waals surface area contributed by atoms with Gasteiger partial charge in [-0.1, -0.05) is 80.1 Å². The zero-order valence-corrected chi connectivity index (χ0v) is 40.3. The standard InChI is InChI=1S/C21H34O3.C17H28O2.C16H26O2/c1-4-7-14-10-13(2)18-15-11-16(19(14)18)21(3,12-15)20(22)24-17-8-5-6-9-23-17;1-5-6-11-7-10(2)14-12-8-13(15(11)14)17(3,9-12)16(18)19-4;1-4-5-10-6-9(2)13-11-7-12(14(10)13)16(3,8-11)15(17)18/h13-19H,4-12H2,1-3H3;10-15H,5-9H2,1-4H3;9-14H,4-8H2,1-3H3,(H,17,18). The number of ether oxygens (including phenoxy) is 3. The average Bonchev–Trinajstić information content (AvgIpc) is 4.10. The van der Waals surface area contributed by atoms with Gasteiger partial charge in [-0.25, -0.2) is 0 Å².